The first kappa shape index (κ1) is 15.3. The van der Waals surface area contributed by atoms with Gasteiger partial charge in [0.25, 0.3) is 0 Å². The monoisotopic (exact) mass is 339 g/mol. The van der Waals surface area contributed by atoms with Crippen molar-refractivity contribution in [2.45, 2.75) is 25.3 Å². The maximum Gasteiger partial charge on any atom is 0.336 e. The second-order valence-corrected chi connectivity index (χ2v) is 6.93. The summed E-state index contributed by atoms with van der Waals surface area (Å²) in [5.41, 5.74) is 4.52. The second kappa shape index (κ2) is 5.67. The maximum absolute atomic E-state index is 11.7. The van der Waals surface area contributed by atoms with Gasteiger partial charge >= 0.3 is 5.97 Å². The van der Waals surface area contributed by atoms with Crippen LogP contribution in [-0.2, 0) is 0 Å². The third-order valence-electron chi connectivity index (χ3n) is 5.20. The minimum Gasteiger partial charge on any atom is -0.478 e. The Labute approximate surface area is 146 Å². The van der Waals surface area contributed by atoms with Crippen molar-refractivity contribution in [2.75, 3.05) is 5.32 Å². The topological polar surface area (TPSA) is 49.3 Å². The number of halogens is 1. The molecule has 122 valence electrons. The molecule has 0 fully saturated rings. The number of nitrogens with one attached hydrogen (secondary N) is 1. The Morgan fingerprint density at radius 1 is 1.25 bits per heavy atom. The van der Waals surface area contributed by atoms with Gasteiger partial charge in [-0.15, -0.1) is 0 Å². The zero-order valence-electron chi connectivity index (χ0n) is 13.3. The van der Waals surface area contributed by atoms with Crippen molar-refractivity contribution < 1.29 is 9.90 Å². The lowest BCUT2D eigenvalue weighted by Gasteiger charge is -2.39. The Kier molecular flexibility index (Phi) is 3.61. The fraction of sp³-hybridized carbons (Fsp3) is 0.250. The van der Waals surface area contributed by atoms with E-state index in [1.807, 2.05) is 24.3 Å². The molecule has 24 heavy (non-hydrogen) atoms. The molecule has 4 heteroatoms. The van der Waals surface area contributed by atoms with Crippen LogP contribution < -0.4 is 5.32 Å². The summed E-state index contributed by atoms with van der Waals surface area (Å²) in [7, 11) is 0. The minimum atomic E-state index is -0.886. The smallest absolute Gasteiger partial charge is 0.336 e. The molecule has 0 bridgehead atoms. The zero-order chi connectivity index (χ0) is 16.8. The molecular formula is C20H18ClNO2. The standard InChI is InChI=1S/C20H18ClNO2/c1-11-9-10-16(21)17-12-7-4-8-13(12)19(22-18(11)17)14-5-2-3-6-15(14)20(23)24/h2-7,9-10,12-13,19,22H,8H2,1H3,(H,23,24)/t12-,13+,19-/m0/s1. The summed E-state index contributed by atoms with van der Waals surface area (Å²) in [6.07, 6.45) is 5.31. The SMILES string of the molecule is Cc1ccc(Cl)c2c1N[C@H](c1ccccc1C(=O)O)[C@@H]1CC=C[C@H]21. The molecule has 0 spiro atoms. The van der Waals surface area contributed by atoms with Gasteiger partial charge in [-0.1, -0.05) is 48.0 Å². The van der Waals surface area contributed by atoms with Gasteiger partial charge < -0.3 is 10.4 Å². The van der Waals surface area contributed by atoms with Crippen molar-refractivity contribution in [1.82, 2.24) is 0 Å². The highest BCUT2D eigenvalue weighted by molar-refractivity contribution is 6.32. The van der Waals surface area contributed by atoms with E-state index in [9.17, 15) is 9.90 Å². The first-order valence-corrected chi connectivity index (χ1v) is 8.50. The largest absolute Gasteiger partial charge is 0.478 e. The molecule has 0 unspecified atom stereocenters. The number of fused-ring (bicyclic) bond motifs is 3. The lowest BCUT2D eigenvalue weighted by molar-refractivity contribution is 0.0694. The van der Waals surface area contributed by atoms with E-state index >= 15 is 0 Å². The Balaban J connectivity index is 1.88. The van der Waals surface area contributed by atoms with Gasteiger partial charge in [-0.25, -0.2) is 4.79 Å². The number of rotatable bonds is 2. The van der Waals surface area contributed by atoms with E-state index < -0.39 is 5.97 Å². The Hall–Kier alpha value is -2.26. The number of carboxylic acids is 1. The van der Waals surface area contributed by atoms with Crippen LogP contribution in [0.25, 0.3) is 0 Å². The van der Waals surface area contributed by atoms with Gasteiger partial charge in [-0.3, -0.25) is 0 Å². The molecule has 4 rings (SSSR count). The van der Waals surface area contributed by atoms with E-state index in [0.29, 0.717) is 5.56 Å². The summed E-state index contributed by atoms with van der Waals surface area (Å²) in [4.78, 5) is 11.7. The van der Waals surface area contributed by atoms with Gasteiger partial charge in [-0.2, -0.15) is 0 Å². The van der Waals surface area contributed by atoms with Crippen molar-refractivity contribution in [1.29, 1.82) is 0 Å². The van der Waals surface area contributed by atoms with Gasteiger partial charge in [0.1, 0.15) is 0 Å². The molecule has 0 saturated heterocycles. The molecule has 0 saturated carbocycles. The van der Waals surface area contributed by atoms with Crippen LogP contribution in [0.2, 0.25) is 5.02 Å². The summed E-state index contributed by atoms with van der Waals surface area (Å²) < 4.78 is 0. The fourth-order valence-corrected chi connectivity index (χ4v) is 4.36. The number of hydrogen-bond donors (Lipinski definition) is 2. The minimum absolute atomic E-state index is 0.0398. The van der Waals surface area contributed by atoms with Gasteiger partial charge in [0.15, 0.2) is 0 Å². The number of anilines is 1. The quantitative estimate of drug-likeness (QED) is 0.742. The molecule has 3 atom stereocenters. The highest BCUT2D eigenvalue weighted by Crippen LogP contribution is 2.52. The molecule has 0 aromatic heterocycles. The zero-order valence-corrected chi connectivity index (χ0v) is 14.0. The molecule has 1 heterocycles. The molecule has 1 aliphatic carbocycles. The van der Waals surface area contributed by atoms with Crippen LogP contribution in [0.5, 0.6) is 0 Å². The van der Waals surface area contributed by atoms with E-state index in [1.54, 1.807) is 12.1 Å². The molecule has 1 aliphatic heterocycles. The van der Waals surface area contributed by atoms with Crippen LogP contribution in [-0.4, -0.2) is 11.1 Å². The lowest BCUT2D eigenvalue weighted by Crippen LogP contribution is -2.31. The Morgan fingerprint density at radius 2 is 2.04 bits per heavy atom. The first-order valence-electron chi connectivity index (χ1n) is 8.12. The number of allylic oxidation sites excluding steroid dienone is 2. The second-order valence-electron chi connectivity index (χ2n) is 6.52. The lowest BCUT2D eigenvalue weighted by atomic mass is 9.75. The van der Waals surface area contributed by atoms with Gasteiger partial charge in [0.05, 0.1) is 11.6 Å². The van der Waals surface area contributed by atoms with Crippen molar-refractivity contribution >= 4 is 23.3 Å². The van der Waals surface area contributed by atoms with E-state index in [-0.39, 0.29) is 17.9 Å². The third-order valence-corrected chi connectivity index (χ3v) is 5.53. The number of hydrogen-bond acceptors (Lipinski definition) is 2. The predicted octanol–water partition coefficient (Wildman–Crippen LogP) is 5.17. The van der Waals surface area contributed by atoms with Gasteiger partial charge in [0.2, 0.25) is 0 Å². The molecule has 2 aliphatic rings. The van der Waals surface area contributed by atoms with Crippen LogP contribution in [0.1, 0.15) is 45.4 Å². The Bertz CT molecular complexity index is 859. The van der Waals surface area contributed by atoms with Crippen molar-refractivity contribution in [2.24, 2.45) is 5.92 Å². The molecule has 0 amide bonds. The van der Waals surface area contributed by atoms with Crippen LogP contribution in [0.4, 0.5) is 5.69 Å². The van der Waals surface area contributed by atoms with Crippen molar-refractivity contribution in [3.63, 3.8) is 0 Å². The predicted molar refractivity (Wildman–Crippen MR) is 95.9 cm³/mol. The van der Waals surface area contributed by atoms with E-state index in [0.717, 1.165) is 33.8 Å². The fourth-order valence-electron chi connectivity index (χ4n) is 4.08. The summed E-state index contributed by atoms with van der Waals surface area (Å²) in [6, 6.07) is 11.2. The summed E-state index contributed by atoms with van der Waals surface area (Å²) in [6.45, 7) is 2.06. The summed E-state index contributed by atoms with van der Waals surface area (Å²) >= 11 is 6.49. The molecule has 2 N–H and O–H groups in total. The molecule has 0 radical (unpaired) electrons. The van der Waals surface area contributed by atoms with Crippen LogP contribution in [0, 0.1) is 12.8 Å². The molecule has 2 aromatic carbocycles. The first-order chi connectivity index (χ1) is 11.6. The highest BCUT2D eigenvalue weighted by Gasteiger charge is 2.40. The van der Waals surface area contributed by atoms with E-state index in [4.69, 9.17) is 11.6 Å². The van der Waals surface area contributed by atoms with Crippen LogP contribution >= 0.6 is 11.6 Å². The number of aryl methyl sites for hydroxylation is 1. The third kappa shape index (κ3) is 2.23. The average Bonchev–Trinajstić information content (AvgIpc) is 3.06. The van der Waals surface area contributed by atoms with Crippen molar-refractivity contribution in [3.05, 3.63) is 75.8 Å². The number of carboxylic acid groups (broad SMARTS) is 1. The highest BCUT2D eigenvalue weighted by atomic mass is 35.5. The molecule has 2 aromatic rings. The summed E-state index contributed by atoms with van der Waals surface area (Å²) in [5, 5.41) is 13.9. The number of carbonyl (C=O) groups is 1. The van der Waals surface area contributed by atoms with E-state index in [1.165, 1.54) is 0 Å². The number of benzene rings is 2. The van der Waals surface area contributed by atoms with E-state index in [2.05, 4.69) is 24.4 Å². The summed E-state index contributed by atoms with van der Waals surface area (Å²) in [5.74, 6) is -0.388. The molecule has 3 nitrogen and oxygen atoms in total. The average molecular weight is 340 g/mol. The molecular weight excluding hydrogens is 322 g/mol. The maximum atomic E-state index is 11.7. The van der Waals surface area contributed by atoms with Crippen LogP contribution in [0.15, 0.2) is 48.6 Å². The Morgan fingerprint density at radius 3 is 2.83 bits per heavy atom. The van der Waals surface area contributed by atoms with Crippen molar-refractivity contribution in [3.8, 4) is 0 Å². The number of aromatic carboxylic acids is 1. The normalized spacial score (nSPS) is 24.2. The van der Waals surface area contributed by atoms with Gasteiger partial charge in [0, 0.05) is 22.2 Å². The van der Waals surface area contributed by atoms with Crippen LogP contribution in [0.3, 0.4) is 0 Å². The van der Waals surface area contributed by atoms with Gasteiger partial charge in [-0.05, 0) is 42.5 Å².